The molecule has 9 heteroatoms. The Morgan fingerprint density at radius 2 is 1.96 bits per heavy atom. The summed E-state index contributed by atoms with van der Waals surface area (Å²) in [5.41, 5.74) is 0.158. The summed E-state index contributed by atoms with van der Waals surface area (Å²) in [5.74, 6) is -0.302. The molecule has 2 aromatic rings. The van der Waals surface area contributed by atoms with E-state index in [9.17, 15) is 14.4 Å². The van der Waals surface area contributed by atoms with Gasteiger partial charge < -0.3 is 10.2 Å². The van der Waals surface area contributed by atoms with Crippen molar-refractivity contribution in [2.45, 2.75) is 25.3 Å². The maximum atomic E-state index is 12.6. The lowest BCUT2D eigenvalue weighted by Gasteiger charge is -2.38. The van der Waals surface area contributed by atoms with Gasteiger partial charge in [0.15, 0.2) is 5.13 Å². The first-order chi connectivity index (χ1) is 13.5. The number of amides is 5. The SMILES string of the molecule is C[C@@]1(C2CCN(C(=O)Nc3ncc(-c4ccccc4)s3)CC2)NC(=O)NC1=O. The predicted octanol–water partition coefficient (Wildman–Crippen LogP) is 2.65. The van der Waals surface area contributed by atoms with Gasteiger partial charge in [0.1, 0.15) is 5.54 Å². The van der Waals surface area contributed by atoms with Gasteiger partial charge in [-0.05, 0) is 31.2 Å². The Bertz CT molecular complexity index is 907. The molecule has 146 valence electrons. The fraction of sp³-hybridized carbons (Fsp3) is 0.368. The van der Waals surface area contributed by atoms with Crippen molar-refractivity contribution in [1.29, 1.82) is 0 Å². The van der Waals surface area contributed by atoms with Crippen molar-refractivity contribution in [3.8, 4) is 10.4 Å². The minimum absolute atomic E-state index is 0.00690. The Hall–Kier alpha value is -2.94. The average Bonchev–Trinajstić information content (AvgIpc) is 3.27. The van der Waals surface area contributed by atoms with Crippen LogP contribution in [0.3, 0.4) is 0 Å². The number of anilines is 1. The van der Waals surface area contributed by atoms with Gasteiger partial charge in [-0.2, -0.15) is 0 Å². The van der Waals surface area contributed by atoms with Gasteiger partial charge in [-0.1, -0.05) is 41.7 Å². The minimum Gasteiger partial charge on any atom is -0.324 e. The molecule has 2 aliphatic heterocycles. The van der Waals surface area contributed by atoms with E-state index in [2.05, 4.69) is 20.9 Å². The van der Waals surface area contributed by atoms with Gasteiger partial charge >= 0.3 is 12.1 Å². The van der Waals surface area contributed by atoms with Gasteiger partial charge in [0.25, 0.3) is 5.91 Å². The van der Waals surface area contributed by atoms with Gasteiger partial charge in [0.2, 0.25) is 0 Å². The molecule has 0 spiro atoms. The monoisotopic (exact) mass is 399 g/mol. The second-order valence-corrected chi connectivity index (χ2v) is 8.23. The molecule has 1 atom stereocenters. The van der Waals surface area contributed by atoms with Crippen molar-refractivity contribution in [3.05, 3.63) is 36.5 Å². The topological polar surface area (TPSA) is 103 Å². The molecule has 1 aromatic carbocycles. The molecule has 3 heterocycles. The van der Waals surface area contributed by atoms with Crippen molar-refractivity contribution in [2.24, 2.45) is 5.92 Å². The summed E-state index contributed by atoms with van der Waals surface area (Å²) in [7, 11) is 0. The molecule has 0 aliphatic carbocycles. The third-order valence-corrected chi connectivity index (χ3v) is 6.41. The Morgan fingerprint density at radius 1 is 1.25 bits per heavy atom. The maximum absolute atomic E-state index is 12.6. The lowest BCUT2D eigenvalue weighted by Crippen LogP contribution is -2.54. The molecule has 8 nitrogen and oxygen atoms in total. The van der Waals surface area contributed by atoms with E-state index in [4.69, 9.17) is 0 Å². The highest BCUT2D eigenvalue weighted by Crippen LogP contribution is 2.32. The molecule has 3 N–H and O–H groups in total. The van der Waals surface area contributed by atoms with E-state index in [1.807, 2.05) is 30.3 Å². The molecule has 5 amide bonds. The van der Waals surface area contributed by atoms with Crippen LogP contribution >= 0.6 is 11.3 Å². The average molecular weight is 399 g/mol. The zero-order chi connectivity index (χ0) is 19.7. The molecule has 28 heavy (non-hydrogen) atoms. The van der Waals surface area contributed by atoms with Crippen LogP contribution in [0.2, 0.25) is 0 Å². The quantitative estimate of drug-likeness (QED) is 0.690. The highest BCUT2D eigenvalue weighted by molar-refractivity contribution is 7.19. The number of benzene rings is 1. The van der Waals surface area contributed by atoms with Crippen molar-refractivity contribution >= 4 is 34.4 Å². The lowest BCUT2D eigenvalue weighted by atomic mass is 9.79. The summed E-state index contributed by atoms with van der Waals surface area (Å²) in [6.45, 7) is 2.78. The number of urea groups is 2. The summed E-state index contributed by atoms with van der Waals surface area (Å²) in [6.07, 6.45) is 3.04. The molecule has 2 aliphatic rings. The van der Waals surface area contributed by atoms with Crippen LogP contribution in [0.5, 0.6) is 0 Å². The summed E-state index contributed by atoms with van der Waals surface area (Å²) in [4.78, 5) is 43.1. The number of piperidine rings is 1. The number of carbonyl (C=O) groups is 3. The number of thiazole rings is 1. The van der Waals surface area contributed by atoms with Crippen molar-refractivity contribution in [1.82, 2.24) is 20.5 Å². The van der Waals surface area contributed by atoms with Gasteiger partial charge in [0, 0.05) is 19.3 Å². The summed E-state index contributed by atoms with van der Waals surface area (Å²) >= 11 is 1.43. The molecule has 0 saturated carbocycles. The second-order valence-electron chi connectivity index (χ2n) is 7.20. The predicted molar refractivity (Wildman–Crippen MR) is 106 cm³/mol. The van der Waals surface area contributed by atoms with E-state index in [1.165, 1.54) is 11.3 Å². The normalized spacial score (nSPS) is 22.7. The standard InChI is InChI=1S/C19H21N5O3S/c1-19(15(25)21-16(26)23-19)13-7-9-24(10-8-13)18(27)22-17-20-11-14(28-17)12-5-3-2-4-6-12/h2-6,11,13H,7-10H2,1H3,(H,20,22,27)(H2,21,23,25,26)/t19-/m0/s1. The molecule has 2 saturated heterocycles. The zero-order valence-corrected chi connectivity index (χ0v) is 16.2. The van der Waals surface area contributed by atoms with Crippen molar-refractivity contribution < 1.29 is 14.4 Å². The summed E-state index contributed by atoms with van der Waals surface area (Å²) in [5, 5.41) is 8.44. The first-order valence-electron chi connectivity index (χ1n) is 9.16. The number of nitrogens with zero attached hydrogens (tertiary/aromatic N) is 2. The first-order valence-corrected chi connectivity index (χ1v) is 9.98. The van der Waals surface area contributed by atoms with E-state index >= 15 is 0 Å². The number of imide groups is 1. The highest BCUT2D eigenvalue weighted by Gasteiger charge is 2.48. The molecule has 0 unspecified atom stereocenters. The Kier molecular flexibility index (Phi) is 4.76. The number of carbonyl (C=O) groups excluding carboxylic acids is 3. The number of rotatable bonds is 3. The smallest absolute Gasteiger partial charge is 0.323 e. The van der Waals surface area contributed by atoms with Crippen LogP contribution in [0.4, 0.5) is 14.7 Å². The third kappa shape index (κ3) is 3.45. The lowest BCUT2D eigenvalue weighted by molar-refractivity contribution is -0.125. The number of nitrogens with one attached hydrogen (secondary N) is 3. The number of hydrogen-bond acceptors (Lipinski definition) is 5. The number of aromatic nitrogens is 1. The fourth-order valence-electron chi connectivity index (χ4n) is 3.74. The Labute approximate surface area is 166 Å². The van der Waals surface area contributed by atoms with E-state index in [0.717, 1.165) is 10.4 Å². The Balaban J connectivity index is 1.34. The van der Waals surface area contributed by atoms with Crippen LogP contribution < -0.4 is 16.0 Å². The fourth-order valence-corrected chi connectivity index (χ4v) is 4.55. The number of hydrogen-bond donors (Lipinski definition) is 3. The molecular weight excluding hydrogens is 378 g/mol. The molecule has 0 bridgehead atoms. The van der Waals surface area contributed by atoms with Crippen LogP contribution in [0.15, 0.2) is 36.5 Å². The van der Waals surface area contributed by atoms with Crippen LogP contribution in [0.1, 0.15) is 19.8 Å². The van der Waals surface area contributed by atoms with Crippen LogP contribution in [0.25, 0.3) is 10.4 Å². The third-order valence-electron chi connectivity index (χ3n) is 5.45. The van der Waals surface area contributed by atoms with Gasteiger partial charge in [-0.3, -0.25) is 15.4 Å². The van der Waals surface area contributed by atoms with Crippen molar-refractivity contribution in [3.63, 3.8) is 0 Å². The number of likely N-dealkylation sites (tertiary alicyclic amines) is 1. The van der Waals surface area contributed by atoms with Crippen LogP contribution in [0, 0.1) is 5.92 Å². The zero-order valence-electron chi connectivity index (χ0n) is 15.4. The van der Waals surface area contributed by atoms with Gasteiger partial charge in [-0.15, -0.1) is 0 Å². The molecule has 0 radical (unpaired) electrons. The highest BCUT2D eigenvalue weighted by atomic mass is 32.1. The maximum Gasteiger partial charge on any atom is 0.323 e. The van der Waals surface area contributed by atoms with E-state index < -0.39 is 11.6 Å². The van der Waals surface area contributed by atoms with E-state index in [-0.39, 0.29) is 17.9 Å². The van der Waals surface area contributed by atoms with Gasteiger partial charge in [-0.25, -0.2) is 14.6 Å². The molecule has 2 fully saturated rings. The largest absolute Gasteiger partial charge is 0.324 e. The summed E-state index contributed by atoms with van der Waals surface area (Å²) < 4.78 is 0. The van der Waals surface area contributed by atoms with E-state index in [0.29, 0.717) is 31.1 Å². The second kappa shape index (κ2) is 7.23. The van der Waals surface area contributed by atoms with Gasteiger partial charge in [0.05, 0.1) is 4.88 Å². The van der Waals surface area contributed by atoms with Crippen LogP contribution in [-0.4, -0.2) is 46.5 Å². The molecular formula is C19H21N5O3S. The van der Waals surface area contributed by atoms with Crippen molar-refractivity contribution in [2.75, 3.05) is 18.4 Å². The molecule has 1 aromatic heterocycles. The minimum atomic E-state index is -0.903. The molecule has 4 rings (SSSR count). The Morgan fingerprint density at radius 3 is 2.61 bits per heavy atom. The first kappa shape index (κ1) is 18.4. The summed E-state index contributed by atoms with van der Waals surface area (Å²) in [6, 6.07) is 9.24. The van der Waals surface area contributed by atoms with Crippen LogP contribution in [-0.2, 0) is 4.79 Å². The van der Waals surface area contributed by atoms with E-state index in [1.54, 1.807) is 18.0 Å².